The Balaban J connectivity index is 1.74. The number of para-hydroxylation sites is 1. The van der Waals surface area contributed by atoms with E-state index in [1.54, 1.807) is 49.2 Å². The van der Waals surface area contributed by atoms with Gasteiger partial charge in [-0.15, -0.1) is 0 Å². The van der Waals surface area contributed by atoms with Gasteiger partial charge in [0.2, 0.25) is 0 Å². The van der Waals surface area contributed by atoms with Crippen LogP contribution in [-0.4, -0.2) is 27.3 Å². The number of nitrogens with one attached hydrogen (secondary N) is 1. The van der Waals surface area contributed by atoms with Gasteiger partial charge in [-0.1, -0.05) is 23.7 Å². The van der Waals surface area contributed by atoms with E-state index in [2.05, 4.69) is 10.4 Å². The van der Waals surface area contributed by atoms with E-state index in [9.17, 15) is 9.90 Å². The number of aliphatic hydroxyl groups is 1. The summed E-state index contributed by atoms with van der Waals surface area (Å²) in [7, 11) is 1.76. The number of rotatable bonds is 4. The molecule has 0 fully saturated rings. The Morgan fingerprint density at radius 2 is 2.30 bits per heavy atom. The minimum absolute atomic E-state index is 0.0301. The molecule has 0 aliphatic rings. The van der Waals surface area contributed by atoms with Crippen LogP contribution in [-0.2, 0) is 12.6 Å². The molecule has 0 aliphatic heterocycles. The molecule has 1 atom stereocenters. The first-order chi connectivity index (χ1) is 10.9. The Labute approximate surface area is 137 Å². The summed E-state index contributed by atoms with van der Waals surface area (Å²) in [6.45, 7) is 1.64. The van der Waals surface area contributed by atoms with Crippen LogP contribution in [0.3, 0.4) is 0 Å². The number of benzene rings is 1. The highest BCUT2D eigenvalue weighted by atomic mass is 35.5. The van der Waals surface area contributed by atoms with Crippen LogP contribution in [0.25, 0.3) is 11.0 Å². The number of amides is 1. The lowest BCUT2D eigenvalue weighted by Gasteiger charge is -2.21. The first kappa shape index (κ1) is 15.6. The lowest BCUT2D eigenvalue weighted by atomic mass is 10.00. The summed E-state index contributed by atoms with van der Waals surface area (Å²) in [4.78, 5) is 12.2. The summed E-state index contributed by atoms with van der Waals surface area (Å²) in [6, 6.07) is 6.92. The van der Waals surface area contributed by atoms with E-state index < -0.39 is 11.5 Å². The predicted molar refractivity (Wildman–Crippen MR) is 86.3 cm³/mol. The maximum atomic E-state index is 12.2. The lowest BCUT2D eigenvalue weighted by Crippen LogP contribution is -2.38. The number of hydrogen-bond acceptors (Lipinski definition) is 4. The van der Waals surface area contributed by atoms with E-state index in [0.717, 1.165) is 5.39 Å². The largest absolute Gasteiger partial charge is 0.449 e. The van der Waals surface area contributed by atoms with Gasteiger partial charge in [0, 0.05) is 24.2 Å². The summed E-state index contributed by atoms with van der Waals surface area (Å²) in [5.74, 6) is -0.267. The second-order valence-electron chi connectivity index (χ2n) is 5.63. The Morgan fingerprint density at radius 3 is 2.96 bits per heavy atom. The molecule has 0 radical (unpaired) electrons. The number of aryl methyl sites for hydroxylation is 1. The Kier molecular flexibility index (Phi) is 3.87. The smallest absolute Gasteiger partial charge is 0.287 e. The van der Waals surface area contributed by atoms with Crippen molar-refractivity contribution >= 4 is 28.5 Å². The molecule has 2 heterocycles. The van der Waals surface area contributed by atoms with Gasteiger partial charge in [-0.25, -0.2) is 0 Å². The molecule has 2 aromatic heterocycles. The molecule has 0 aliphatic carbocycles. The van der Waals surface area contributed by atoms with Gasteiger partial charge in [0.1, 0.15) is 5.60 Å². The Bertz CT molecular complexity index is 866. The van der Waals surface area contributed by atoms with Crippen LogP contribution in [0.5, 0.6) is 0 Å². The number of carbonyl (C=O) groups is 1. The molecular formula is C16H16ClN3O3. The quantitative estimate of drug-likeness (QED) is 0.768. The van der Waals surface area contributed by atoms with Gasteiger partial charge in [-0.3, -0.25) is 9.48 Å². The number of nitrogens with zero attached hydrogens (tertiary/aromatic N) is 2. The molecule has 3 rings (SSSR count). The monoisotopic (exact) mass is 333 g/mol. The number of aromatic nitrogens is 2. The van der Waals surface area contributed by atoms with E-state index in [1.165, 1.54) is 0 Å². The van der Waals surface area contributed by atoms with E-state index in [1.807, 2.05) is 6.07 Å². The fourth-order valence-electron chi connectivity index (χ4n) is 2.28. The lowest BCUT2D eigenvalue weighted by molar-refractivity contribution is 0.0519. The summed E-state index contributed by atoms with van der Waals surface area (Å²) in [5.41, 5.74) is -0.139. The highest BCUT2D eigenvalue weighted by Crippen LogP contribution is 2.26. The maximum Gasteiger partial charge on any atom is 0.287 e. The Hall–Kier alpha value is -2.31. The van der Waals surface area contributed by atoms with Crippen LogP contribution < -0.4 is 5.32 Å². The molecule has 2 N–H and O–H groups in total. The molecule has 0 saturated carbocycles. The van der Waals surface area contributed by atoms with Crippen LogP contribution >= 0.6 is 11.6 Å². The summed E-state index contributed by atoms with van der Waals surface area (Å²) < 4.78 is 7.08. The van der Waals surface area contributed by atoms with E-state index in [4.69, 9.17) is 16.0 Å². The van der Waals surface area contributed by atoms with Gasteiger partial charge in [0.05, 0.1) is 17.8 Å². The molecule has 120 valence electrons. The second-order valence-corrected chi connectivity index (χ2v) is 6.04. The normalized spacial score (nSPS) is 13.9. The number of fused-ring (bicyclic) bond motifs is 1. The van der Waals surface area contributed by atoms with Crippen LogP contribution in [0.2, 0.25) is 5.02 Å². The number of halogens is 1. The fourth-order valence-corrected chi connectivity index (χ4v) is 2.50. The van der Waals surface area contributed by atoms with Crippen molar-refractivity contribution < 1.29 is 14.3 Å². The second kappa shape index (κ2) is 5.72. The zero-order valence-corrected chi connectivity index (χ0v) is 13.5. The third-order valence-corrected chi connectivity index (χ3v) is 3.94. The average molecular weight is 334 g/mol. The number of hydrogen-bond donors (Lipinski definition) is 2. The standard InChI is InChI=1S/C16H16ClN3O3/c1-16(22,11-7-19-20(2)8-11)9-18-15(21)13-6-10-4-3-5-12(17)14(10)23-13/h3-8,22H,9H2,1-2H3,(H,18,21). The van der Waals surface area contributed by atoms with Gasteiger partial charge >= 0.3 is 0 Å². The minimum Gasteiger partial charge on any atom is -0.449 e. The van der Waals surface area contributed by atoms with E-state index >= 15 is 0 Å². The minimum atomic E-state index is -1.23. The first-order valence-corrected chi connectivity index (χ1v) is 7.42. The molecule has 1 unspecified atom stereocenters. The highest BCUT2D eigenvalue weighted by Gasteiger charge is 2.26. The molecule has 0 bridgehead atoms. The van der Waals surface area contributed by atoms with Crippen molar-refractivity contribution in [1.82, 2.24) is 15.1 Å². The zero-order valence-electron chi connectivity index (χ0n) is 12.7. The van der Waals surface area contributed by atoms with Crippen molar-refractivity contribution in [2.45, 2.75) is 12.5 Å². The molecule has 3 aromatic rings. The summed E-state index contributed by atoms with van der Waals surface area (Å²) in [6.07, 6.45) is 3.26. The average Bonchev–Trinajstić information content (AvgIpc) is 3.12. The van der Waals surface area contributed by atoms with Crippen molar-refractivity contribution in [3.63, 3.8) is 0 Å². The predicted octanol–water partition coefficient (Wildman–Crippen LogP) is 2.46. The molecule has 6 nitrogen and oxygen atoms in total. The molecular weight excluding hydrogens is 318 g/mol. The van der Waals surface area contributed by atoms with Gasteiger partial charge in [-0.2, -0.15) is 5.10 Å². The van der Waals surface area contributed by atoms with Crippen LogP contribution in [0.4, 0.5) is 0 Å². The van der Waals surface area contributed by atoms with Crippen molar-refractivity contribution in [2.75, 3.05) is 6.54 Å². The van der Waals surface area contributed by atoms with Crippen LogP contribution in [0.15, 0.2) is 41.1 Å². The number of furan rings is 1. The Morgan fingerprint density at radius 1 is 1.52 bits per heavy atom. The van der Waals surface area contributed by atoms with Crippen molar-refractivity contribution in [3.05, 3.63) is 53.0 Å². The maximum absolute atomic E-state index is 12.2. The topological polar surface area (TPSA) is 80.3 Å². The van der Waals surface area contributed by atoms with Crippen LogP contribution in [0.1, 0.15) is 23.0 Å². The summed E-state index contributed by atoms with van der Waals surface area (Å²) >= 11 is 6.03. The van der Waals surface area contributed by atoms with Gasteiger partial charge in [0.25, 0.3) is 5.91 Å². The third-order valence-electron chi connectivity index (χ3n) is 3.64. The molecule has 23 heavy (non-hydrogen) atoms. The van der Waals surface area contributed by atoms with Crippen molar-refractivity contribution in [3.8, 4) is 0 Å². The molecule has 0 spiro atoms. The number of carbonyl (C=O) groups excluding carboxylic acids is 1. The van der Waals surface area contributed by atoms with E-state index in [-0.39, 0.29) is 12.3 Å². The molecule has 7 heteroatoms. The molecule has 0 saturated heterocycles. The fraction of sp³-hybridized carbons (Fsp3) is 0.250. The van der Waals surface area contributed by atoms with Crippen molar-refractivity contribution in [2.24, 2.45) is 7.05 Å². The van der Waals surface area contributed by atoms with Gasteiger partial charge < -0.3 is 14.8 Å². The van der Waals surface area contributed by atoms with Crippen molar-refractivity contribution in [1.29, 1.82) is 0 Å². The SMILES string of the molecule is Cn1cc(C(C)(O)CNC(=O)c2cc3cccc(Cl)c3o2)cn1. The highest BCUT2D eigenvalue weighted by molar-refractivity contribution is 6.34. The third kappa shape index (κ3) is 3.09. The van der Waals surface area contributed by atoms with Crippen LogP contribution in [0, 0.1) is 0 Å². The van der Waals surface area contributed by atoms with Gasteiger partial charge in [-0.05, 0) is 19.1 Å². The summed E-state index contributed by atoms with van der Waals surface area (Å²) in [5, 5.41) is 18.3. The van der Waals surface area contributed by atoms with Gasteiger partial charge in [0.15, 0.2) is 11.3 Å². The zero-order chi connectivity index (χ0) is 16.6. The first-order valence-electron chi connectivity index (χ1n) is 7.04. The van der Waals surface area contributed by atoms with E-state index in [0.29, 0.717) is 16.2 Å². The molecule has 1 amide bonds. The molecule has 1 aromatic carbocycles.